The van der Waals surface area contributed by atoms with Crippen molar-refractivity contribution in [1.29, 1.82) is 0 Å². The highest BCUT2D eigenvalue weighted by atomic mass is 35.5. The van der Waals surface area contributed by atoms with Crippen LogP contribution < -0.4 is 5.32 Å². The lowest BCUT2D eigenvalue weighted by Crippen LogP contribution is -2.40. The monoisotopic (exact) mass is 317 g/mol. The molecule has 0 aromatic heterocycles. The third-order valence-corrected chi connectivity index (χ3v) is 5.14. The Balaban J connectivity index is 2.23. The third kappa shape index (κ3) is 3.73. The first-order valence-electron chi connectivity index (χ1n) is 6.61. The summed E-state index contributed by atoms with van der Waals surface area (Å²) < 4.78 is 28.2. The fraction of sp³-hybridized carbons (Fsp3) is 0.571. The van der Waals surface area contributed by atoms with Gasteiger partial charge in [-0.15, -0.1) is 11.6 Å². The Bertz CT molecular complexity index is 544. The molecule has 0 aliphatic carbocycles. The summed E-state index contributed by atoms with van der Waals surface area (Å²) in [5.41, 5.74) is 0.993. The maximum atomic E-state index is 11.5. The van der Waals surface area contributed by atoms with Crippen molar-refractivity contribution < 1.29 is 13.2 Å². The first kappa shape index (κ1) is 15.8. The van der Waals surface area contributed by atoms with Crippen LogP contribution in [0.15, 0.2) is 29.2 Å². The second-order valence-corrected chi connectivity index (χ2v) is 7.79. The molecule has 0 spiro atoms. The molecular weight excluding hydrogens is 298 g/mol. The lowest BCUT2D eigenvalue weighted by Gasteiger charge is -2.35. The van der Waals surface area contributed by atoms with E-state index in [2.05, 4.69) is 5.32 Å². The zero-order valence-electron chi connectivity index (χ0n) is 11.7. The molecular formula is C14H20ClNO3S. The molecule has 2 rings (SSSR count). The van der Waals surface area contributed by atoms with Crippen LogP contribution in [0.2, 0.25) is 0 Å². The minimum Gasteiger partial charge on any atom is -0.384 e. The fourth-order valence-corrected chi connectivity index (χ4v) is 3.52. The SMILES string of the molecule is COCC1CCC(Cl)NC1c1ccc(S(C)(=O)=O)cc1. The van der Waals surface area contributed by atoms with Gasteiger partial charge >= 0.3 is 0 Å². The van der Waals surface area contributed by atoms with E-state index in [-0.39, 0.29) is 11.5 Å². The largest absolute Gasteiger partial charge is 0.384 e. The van der Waals surface area contributed by atoms with Crippen LogP contribution in [0.25, 0.3) is 0 Å². The molecule has 3 unspecified atom stereocenters. The number of nitrogens with one attached hydrogen (secondary N) is 1. The van der Waals surface area contributed by atoms with Crippen LogP contribution in [-0.4, -0.2) is 33.9 Å². The van der Waals surface area contributed by atoms with E-state index < -0.39 is 9.84 Å². The Labute approximate surface area is 125 Å². The summed E-state index contributed by atoms with van der Waals surface area (Å²) in [5, 5.41) is 3.36. The number of hydrogen-bond donors (Lipinski definition) is 1. The first-order chi connectivity index (χ1) is 9.41. The number of ether oxygens (including phenoxy) is 1. The van der Waals surface area contributed by atoms with Crippen LogP contribution in [0.1, 0.15) is 24.4 Å². The molecule has 1 saturated heterocycles. The Hall–Kier alpha value is -0.620. The van der Waals surface area contributed by atoms with Crippen molar-refractivity contribution in [2.75, 3.05) is 20.0 Å². The van der Waals surface area contributed by atoms with Crippen molar-refractivity contribution in [3.05, 3.63) is 29.8 Å². The third-order valence-electron chi connectivity index (χ3n) is 3.67. The maximum Gasteiger partial charge on any atom is 0.175 e. The summed E-state index contributed by atoms with van der Waals surface area (Å²) in [7, 11) is -1.46. The van der Waals surface area contributed by atoms with Crippen LogP contribution in [0.3, 0.4) is 0 Å². The van der Waals surface area contributed by atoms with Crippen molar-refractivity contribution in [3.8, 4) is 0 Å². The predicted molar refractivity (Wildman–Crippen MR) is 79.7 cm³/mol. The number of benzene rings is 1. The van der Waals surface area contributed by atoms with Gasteiger partial charge in [-0.25, -0.2) is 8.42 Å². The van der Waals surface area contributed by atoms with E-state index in [1.54, 1.807) is 19.2 Å². The fourth-order valence-electron chi connectivity index (χ4n) is 2.63. The lowest BCUT2D eigenvalue weighted by molar-refractivity contribution is 0.108. The van der Waals surface area contributed by atoms with Gasteiger partial charge in [0.05, 0.1) is 17.0 Å². The van der Waals surface area contributed by atoms with Crippen LogP contribution in [0, 0.1) is 5.92 Å². The average molecular weight is 318 g/mol. The van der Waals surface area contributed by atoms with Crippen molar-refractivity contribution in [2.24, 2.45) is 5.92 Å². The normalized spacial score (nSPS) is 27.4. The van der Waals surface area contributed by atoms with Gasteiger partial charge in [0.2, 0.25) is 0 Å². The molecule has 1 aliphatic rings. The van der Waals surface area contributed by atoms with E-state index >= 15 is 0 Å². The highest BCUT2D eigenvalue weighted by Crippen LogP contribution is 2.33. The number of hydrogen-bond acceptors (Lipinski definition) is 4. The van der Waals surface area contributed by atoms with Gasteiger partial charge in [-0.1, -0.05) is 12.1 Å². The van der Waals surface area contributed by atoms with E-state index in [9.17, 15) is 8.42 Å². The van der Waals surface area contributed by atoms with Crippen molar-refractivity contribution >= 4 is 21.4 Å². The quantitative estimate of drug-likeness (QED) is 0.684. The van der Waals surface area contributed by atoms with Crippen LogP contribution in [0.5, 0.6) is 0 Å². The number of methoxy groups -OCH3 is 1. The maximum absolute atomic E-state index is 11.5. The molecule has 1 aromatic rings. The lowest BCUT2D eigenvalue weighted by atomic mass is 9.87. The molecule has 4 nitrogen and oxygen atoms in total. The van der Waals surface area contributed by atoms with Crippen LogP contribution in [0.4, 0.5) is 0 Å². The topological polar surface area (TPSA) is 55.4 Å². The van der Waals surface area contributed by atoms with Crippen molar-refractivity contribution in [1.82, 2.24) is 5.32 Å². The Morgan fingerprint density at radius 2 is 1.95 bits per heavy atom. The molecule has 0 amide bonds. The van der Waals surface area contributed by atoms with Gasteiger partial charge in [0.25, 0.3) is 0 Å². The van der Waals surface area contributed by atoms with Gasteiger partial charge in [0, 0.05) is 25.3 Å². The summed E-state index contributed by atoms with van der Waals surface area (Å²) >= 11 is 6.18. The van der Waals surface area contributed by atoms with Crippen LogP contribution >= 0.6 is 11.6 Å². The molecule has 1 heterocycles. The zero-order chi connectivity index (χ0) is 14.8. The molecule has 112 valence electrons. The number of rotatable bonds is 4. The van der Waals surface area contributed by atoms with Gasteiger partial charge in [0.15, 0.2) is 9.84 Å². The van der Waals surface area contributed by atoms with Crippen LogP contribution in [-0.2, 0) is 14.6 Å². The smallest absolute Gasteiger partial charge is 0.175 e. The molecule has 20 heavy (non-hydrogen) atoms. The van der Waals surface area contributed by atoms with Gasteiger partial charge in [-0.3, -0.25) is 5.32 Å². The van der Waals surface area contributed by atoms with Gasteiger partial charge in [-0.05, 0) is 30.5 Å². The molecule has 3 atom stereocenters. The molecule has 0 bridgehead atoms. The summed E-state index contributed by atoms with van der Waals surface area (Å²) in [5.74, 6) is 0.346. The molecule has 1 fully saturated rings. The minimum atomic E-state index is -3.16. The summed E-state index contributed by atoms with van der Waals surface area (Å²) in [6.07, 6.45) is 3.12. The number of piperidine rings is 1. The minimum absolute atomic E-state index is 0.0531. The van der Waals surface area contributed by atoms with Gasteiger partial charge in [-0.2, -0.15) is 0 Å². The van der Waals surface area contributed by atoms with E-state index in [0.717, 1.165) is 18.4 Å². The summed E-state index contributed by atoms with van der Waals surface area (Å²) in [6, 6.07) is 7.10. The number of halogens is 1. The second kappa shape index (κ2) is 6.43. The summed E-state index contributed by atoms with van der Waals surface area (Å²) in [6.45, 7) is 0.662. The molecule has 6 heteroatoms. The summed E-state index contributed by atoms with van der Waals surface area (Å²) in [4.78, 5) is 0.336. The average Bonchev–Trinajstić information content (AvgIpc) is 2.40. The highest BCUT2D eigenvalue weighted by molar-refractivity contribution is 7.90. The van der Waals surface area contributed by atoms with Gasteiger partial charge < -0.3 is 4.74 Å². The van der Waals surface area contributed by atoms with Gasteiger partial charge in [0.1, 0.15) is 0 Å². The highest BCUT2D eigenvalue weighted by Gasteiger charge is 2.30. The first-order valence-corrected chi connectivity index (χ1v) is 8.93. The van der Waals surface area contributed by atoms with E-state index in [0.29, 0.717) is 17.4 Å². The molecule has 0 radical (unpaired) electrons. The Morgan fingerprint density at radius 3 is 2.50 bits per heavy atom. The van der Waals surface area contributed by atoms with Crippen molar-refractivity contribution in [3.63, 3.8) is 0 Å². The standard InChI is InChI=1S/C14H20ClNO3S/c1-19-9-11-5-8-13(15)16-14(11)10-3-6-12(7-4-10)20(2,17)18/h3-4,6-7,11,13-14,16H,5,8-9H2,1-2H3. The van der Waals surface area contributed by atoms with E-state index in [1.165, 1.54) is 6.26 Å². The van der Waals surface area contributed by atoms with E-state index in [1.807, 2.05) is 12.1 Å². The predicted octanol–water partition coefficient (Wildman–Crippen LogP) is 2.34. The Kier molecular flexibility index (Phi) is 5.07. The van der Waals surface area contributed by atoms with Crippen molar-refractivity contribution in [2.45, 2.75) is 29.3 Å². The number of alkyl halides is 1. The zero-order valence-corrected chi connectivity index (χ0v) is 13.2. The molecule has 1 aromatic carbocycles. The number of sulfone groups is 1. The Morgan fingerprint density at radius 1 is 1.30 bits per heavy atom. The molecule has 0 saturated carbocycles. The molecule has 1 N–H and O–H groups in total. The second-order valence-electron chi connectivity index (χ2n) is 5.25. The van der Waals surface area contributed by atoms with E-state index in [4.69, 9.17) is 16.3 Å². The molecule has 1 aliphatic heterocycles.